The number of likely N-dealkylation sites (tertiary alicyclic amines) is 1. The number of hydrogen-bond donors (Lipinski definition) is 3. The molecule has 32 heavy (non-hydrogen) atoms. The van der Waals surface area contributed by atoms with Gasteiger partial charge in [0.05, 0.1) is 23.7 Å². The normalized spacial score (nSPS) is 22.5. The average molecular weight is 451 g/mol. The fourth-order valence-electron chi connectivity index (χ4n) is 4.65. The molecule has 2 aliphatic rings. The number of fused-ring (bicyclic) bond motifs is 1. The summed E-state index contributed by atoms with van der Waals surface area (Å²) in [6.07, 6.45) is 1.56. The Balaban J connectivity index is 1.25. The standard InChI is InChI=1S/C22H29F3N6O/c1-2-26-15-4-6-17(7-5-15)31-11-16(12-31)30-20(32)10-27-21-18-9-14(22(23,24)25)3-8-19(18)28-13-29-21/h3,8-9,13,15-17,26H,2,4-7,10-12H2,1H3,(H,30,32)(H,27,28,29). The second-order valence-electron chi connectivity index (χ2n) is 8.59. The van der Waals surface area contributed by atoms with Gasteiger partial charge in [0, 0.05) is 30.6 Å². The lowest BCUT2D eigenvalue weighted by atomic mass is 9.88. The van der Waals surface area contributed by atoms with E-state index in [9.17, 15) is 18.0 Å². The third-order valence-electron chi connectivity index (χ3n) is 6.36. The van der Waals surface area contributed by atoms with Gasteiger partial charge in [-0.25, -0.2) is 9.97 Å². The van der Waals surface area contributed by atoms with Crippen molar-refractivity contribution in [3.05, 3.63) is 30.1 Å². The molecule has 174 valence electrons. The van der Waals surface area contributed by atoms with Crippen molar-refractivity contribution in [3.8, 4) is 0 Å². The largest absolute Gasteiger partial charge is 0.416 e. The van der Waals surface area contributed by atoms with Gasteiger partial charge in [-0.3, -0.25) is 9.69 Å². The van der Waals surface area contributed by atoms with Gasteiger partial charge >= 0.3 is 6.18 Å². The Kier molecular flexibility index (Phi) is 6.80. The average Bonchev–Trinajstić information content (AvgIpc) is 2.74. The Morgan fingerprint density at radius 1 is 1.12 bits per heavy atom. The van der Waals surface area contributed by atoms with Crippen LogP contribution >= 0.6 is 0 Å². The maximum atomic E-state index is 13.0. The number of alkyl halides is 3. The van der Waals surface area contributed by atoms with Crippen molar-refractivity contribution in [1.29, 1.82) is 0 Å². The van der Waals surface area contributed by atoms with Crippen LogP contribution in [0.25, 0.3) is 10.9 Å². The second kappa shape index (κ2) is 9.58. The van der Waals surface area contributed by atoms with Crippen LogP contribution in [0.3, 0.4) is 0 Å². The molecule has 0 spiro atoms. The van der Waals surface area contributed by atoms with Gasteiger partial charge in [-0.1, -0.05) is 6.92 Å². The van der Waals surface area contributed by atoms with E-state index in [2.05, 4.69) is 37.7 Å². The minimum atomic E-state index is -4.46. The monoisotopic (exact) mass is 450 g/mol. The van der Waals surface area contributed by atoms with Crippen molar-refractivity contribution >= 4 is 22.6 Å². The molecule has 4 rings (SSSR count). The van der Waals surface area contributed by atoms with Crippen LogP contribution in [0.2, 0.25) is 0 Å². The van der Waals surface area contributed by atoms with E-state index in [0.29, 0.717) is 17.6 Å². The van der Waals surface area contributed by atoms with Crippen molar-refractivity contribution in [3.63, 3.8) is 0 Å². The molecule has 10 heteroatoms. The molecule has 2 heterocycles. The summed E-state index contributed by atoms with van der Waals surface area (Å²) < 4.78 is 39.1. The molecule has 1 saturated carbocycles. The van der Waals surface area contributed by atoms with E-state index in [1.165, 1.54) is 38.1 Å². The minimum Gasteiger partial charge on any atom is -0.360 e. The van der Waals surface area contributed by atoms with Crippen molar-refractivity contribution in [2.45, 2.75) is 56.9 Å². The Morgan fingerprint density at radius 3 is 2.56 bits per heavy atom. The van der Waals surface area contributed by atoms with Crippen LogP contribution in [0.4, 0.5) is 19.0 Å². The third kappa shape index (κ3) is 5.29. The first-order chi connectivity index (χ1) is 15.3. The van der Waals surface area contributed by atoms with Crippen LogP contribution in [0, 0.1) is 0 Å². The van der Waals surface area contributed by atoms with Crippen LogP contribution < -0.4 is 16.0 Å². The molecule has 1 aromatic heterocycles. The summed E-state index contributed by atoms with van der Waals surface area (Å²) in [5.41, 5.74) is -0.393. The quantitative estimate of drug-likeness (QED) is 0.602. The van der Waals surface area contributed by atoms with Crippen LogP contribution in [-0.4, -0.2) is 65.1 Å². The van der Waals surface area contributed by atoms with E-state index in [1.54, 1.807) is 0 Å². The summed E-state index contributed by atoms with van der Waals surface area (Å²) in [6, 6.07) is 4.62. The first-order valence-electron chi connectivity index (χ1n) is 11.2. The van der Waals surface area contributed by atoms with Gasteiger partial charge in [0.15, 0.2) is 0 Å². The molecule has 1 aromatic carbocycles. The lowest BCUT2D eigenvalue weighted by Gasteiger charge is -2.46. The minimum absolute atomic E-state index is 0.0628. The molecule has 0 radical (unpaired) electrons. The van der Waals surface area contributed by atoms with E-state index in [4.69, 9.17) is 0 Å². The van der Waals surface area contributed by atoms with E-state index < -0.39 is 11.7 Å². The molecule has 1 amide bonds. The van der Waals surface area contributed by atoms with E-state index in [1.807, 2.05) is 0 Å². The Morgan fingerprint density at radius 2 is 1.88 bits per heavy atom. The highest BCUT2D eigenvalue weighted by Crippen LogP contribution is 2.32. The Bertz CT molecular complexity index is 939. The number of rotatable bonds is 7. The molecule has 0 unspecified atom stereocenters. The van der Waals surface area contributed by atoms with Gasteiger partial charge in [0.1, 0.15) is 12.1 Å². The number of anilines is 1. The molecule has 0 atom stereocenters. The predicted octanol–water partition coefficient (Wildman–Crippen LogP) is 2.78. The highest BCUT2D eigenvalue weighted by Gasteiger charge is 2.35. The number of halogens is 3. The first kappa shape index (κ1) is 22.7. The van der Waals surface area contributed by atoms with Gasteiger partial charge in [0.2, 0.25) is 5.91 Å². The summed E-state index contributed by atoms with van der Waals surface area (Å²) >= 11 is 0. The fourth-order valence-corrected chi connectivity index (χ4v) is 4.65. The number of hydrogen-bond acceptors (Lipinski definition) is 6. The zero-order valence-electron chi connectivity index (χ0n) is 18.1. The molecule has 1 saturated heterocycles. The second-order valence-corrected chi connectivity index (χ2v) is 8.59. The number of nitrogens with one attached hydrogen (secondary N) is 3. The lowest BCUT2D eigenvalue weighted by Crippen LogP contribution is -2.63. The van der Waals surface area contributed by atoms with Crippen LogP contribution in [0.1, 0.15) is 38.2 Å². The summed E-state index contributed by atoms with van der Waals surface area (Å²) in [5, 5.41) is 9.60. The summed E-state index contributed by atoms with van der Waals surface area (Å²) in [6.45, 7) is 4.76. The van der Waals surface area contributed by atoms with Crippen molar-refractivity contribution < 1.29 is 18.0 Å². The van der Waals surface area contributed by atoms with Crippen molar-refractivity contribution in [2.24, 2.45) is 0 Å². The van der Waals surface area contributed by atoms with Crippen LogP contribution in [-0.2, 0) is 11.0 Å². The fraction of sp³-hybridized carbons (Fsp3) is 0.591. The molecule has 2 fully saturated rings. The van der Waals surface area contributed by atoms with E-state index >= 15 is 0 Å². The highest BCUT2D eigenvalue weighted by atomic mass is 19.4. The van der Waals surface area contributed by atoms with Crippen LogP contribution in [0.15, 0.2) is 24.5 Å². The predicted molar refractivity (Wildman–Crippen MR) is 116 cm³/mol. The topological polar surface area (TPSA) is 82.2 Å². The number of nitrogens with zero attached hydrogens (tertiary/aromatic N) is 3. The molecular weight excluding hydrogens is 421 g/mol. The SMILES string of the molecule is CCNC1CCC(N2CC(NC(=O)CNc3ncnc4ccc(C(F)(F)F)cc34)C2)CC1. The maximum absolute atomic E-state index is 13.0. The smallest absolute Gasteiger partial charge is 0.360 e. The Hall–Kier alpha value is -2.46. The zero-order valence-corrected chi connectivity index (χ0v) is 18.1. The first-order valence-corrected chi connectivity index (χ1v) is 11.2. The molecule has 0 bridgehead atoms. The summed E-state index contributed by atoms with van der Waals surface area (Å²) in [5.74, 6) is 0.00757. The molecule has 2 aromatic rings. The molecule has 7 nitrogen and oxygen atoms in total. The lowest BCUT2D eigenvalue weighted by molar-refractivity contribution is -0.137. The van der Waals surface area contributed by atoms with Crippen molar-refractivity contribution in [1.82, 2.24) is 25.5 Å². The van der Waals surface area contributed by atoms with E-state index in [-0.39, 0.29) is 29.7 Å². The highest BCUT2D eigenvalue weighted by molar-refractivity contribution is 5.91. The maximum Gasteiger partial charge on any atom is 0.416 e. The van der Waals surface area contributed by atoms with Gasteiger partial charge in [-0.05, 0) is 50.4 Å². The van der Waals surface area contributed by atoms with Gasteiger partial charge in [-0.2, -0.15) is 13.2 Å². The van der Waals surface area contributed by atoms with Gasteiger partial charge < -0.3 is 16.0 Å². The molecule has 3 N–H and O–H groups in total. The zero-order chi connectivity index (χ0) is 22.7. The van der Waals surface area contributed by atoms with E-state index in [0.717, 1.165) is 31.8 Å². The van der Waals surface area contributed by atoms with Crippen LogP contribution in [0.5, 0.6) is 0 Å². The number of amides is 1. The molecule has 1 aliphatic carbocycles. The summed E-state index contributed by atoms with van der Waals surface area (Å²) in [4.78, 5) is 22.8. The molecular formula is C22H29F3N6O. The summed E-state index contributed by atoms with van der Waals surface area (Å²) in [7, 11) is 0. The van der Waals surface area contributed by atoms with Gasteiger partial charge in [0.25, 0.3) is 0 Å². The van der Waals surface area contributed by atoms with Crippen molar-refractivity contribution in [2.75, 3.05) is 31.5 Å². The number of carbonyl (C=O) groups is 1. The third-order valence-corrected chi connectivity index (χ3v) is 6.36. The Labute approximate surface area is 185 Å². The number of benzene rings is 1. The number of carbonyl (C=O) groups excluding carboxylic acids is 1. The van der Waals surface area contributed by atoms with Gasteiger partial charge in [-0.15, -0.1) is 0 Å². The number of aromatic nitrogens is 2. The molecule has 1 aliphatic heterocycles.